The molecule has 2 rings (SSSR count). The van der Waals surface area contributed by atoms with Gasteiger partial charge in [0, 0.05) is 39.1 Å². The van der Waals surface area contributed by atoms with Gasteiger partial charge < -0.3 is 5.32 Å². The van der Waals surface area contributed by atoms with Crippen LogP contribution in [-0.4, -0.2) is 48.6 Å². The van der Waals surface area contributed by atoms with Crippen LogP contribution in [0.15, 0.2) is 0 Å². The molecule has 1 spiro atoms. The van der Waals surface area contributed by atoms with Crippen LogP contribution in [0.3, 0.4) is 0 Å². The maximum Gasteiger partial charge on any atom is 0.220 e. The summed E-state index contributed by atoms with van der Waals surface area (Å²) >= 11 is 0. The molecule has 2 aliphatic rings. The molecule has 0 aromatic heterocycles. The molecule has 0 radical (unpaired) electrons. The van der Waals surface area contributed by atoms with Crippen molar-refractivity contribution in [1.82, 2.24) is 15.3 Å². The van der Waals surface area contributed by atoms with E-state index in [2.05, 4.69) is 29.4 Å². The molecule has 80 valence electrons. The van der Waals surface area contributed by atoms with Crippen molar-refractivity contribution in [3.05, 3.63) is 0 Å². The lowest BCUT2D eigenvalue weighted by atomic mass is 9.87. The number of rotatable bonds is 1. The predicted molar refractivity (Wildman–Crippen MR) is 54.6 cm³/mol. The summed E-state index contributed by atoms with van der Waals surface area (Å²) in [7, 11) is 4.15. The van der Waals surface area contributed by atoms with Gasteiger partial charge in [-0.25, -0.2) is 10.0 Å². The van der Waals surface area contributed by atoms with Crippen molar-refractivity contribution in [1.29, 1.82) is 0 Å². The number of nitrogens with zero attached hydrogens (tertiary/aromatic N) is 2. The fourth-order valence-electron chi connectivity index (χ4n) is 2.47. The van der Waals surface area contributed by atoms with Crippen LogP contribution in [0, 0.1) is 0 Å². The summed E-state index contributed by atoms with van der Waals surface area (Å²) in [6.45, 7) is 2.13. The lowest BCUT2D eigenvalue weighted by molar-refractivity contribution is -0.120. The van der Waals surface area contributed by atoms with Crippen molar-refractivity contribution < 1.29 is 4.79 Å². The summed E-state index contributed by atoms with van der Waals surface area (Å²) < 4.78 is 0. The largest absolute Gasteiger partial charge is 0.351 e. The Bertz CT molecular complexity index is 232. The smallest absolute Gasteiger partial charge is 0.220 e. The van der Waals surface area contributed by atoms with Crippen molar-refractivity contribution in [3.8, 4) is 0 Å². The fourth-order valence-corrected chi connectivity index (χ4v) is 2.47. The second-order valence-electron chi connectivity index (χ2n) is 4.63. The standard InChI is InChI=1S/C10H19N3O/c1-12(2)13-7-5-10(6-8-13)4-3-9(14)11-10/h3-8H2,1-2H3,(H,11,14). The van der Waals surface area contributed by atoms with Crippen LogP contribution in [0.4, 0.5) is 0 Å². The minimum absolute atomic E-state index is 0.142. The third-order valence-electron chi connectivity index (χ3n) is 3.50. The third kappa shape index (κ3) is 1.77. The number of carbonyl (C=O) groups is 1. The average Bonchev–Trinajstić information content (AvgIpc) is 2.48. The highest BCUT2D eigenvalue weighted by Gasteiger charge is 2.40. The Kier molecular flexibility index (Phi) is 2.49. The number of hydrogen-bond acceptors (Lipinski definition) is 3. The zero-order chi connectivity index (χ0) is 10.2. The van der Waals surface area contributed by atoms with E-state index in [1.54, 1.807) is 0 Å². The molecular weight excluding hydrogens is 178 g/mol. The molecule has 2 saturated heterocycles. The Morgan fingerprint density at radius 3 is 2.36 bits per heavy atom. The van der Waals surface area contributed by atoms with Crippen molar-refractivity contribution in [2.45, 2.75) is 31.2 Å². The van der Waals surface area contributed by atoms with Gasteiger partial charge in [0.15, 0.2) is 0 Å². The van der Waals surface area contributed by atoms with Crippen molar-refractivity contribution in [3.63, 3.8) is 0 Å². The molecule has 2 fully saturated rings. The summed E-state index contributed by atoms with van der Waals surface area (Å²) in [5, 5.41) is 7.62. The van der Waals surface area contributed by atoms with Gasteiger partial charge in [-0.2, -0.15) is 0 Å². The van der Waals surface area contributed by atoms with Gasteiger partial charge in [0.05, 0.1) is 0 Å². The van der Waals surface area contributed by atoms with E-state index in [0.29, 0.717) is 0 Å². The maximum absolute atomic E-state index is 11.2. The molecule has 0 aromatic carbocycles. The summed E-state index contributed by atoms with van der Waals surface area (Å²) in [5.74, 6) is 0.239. The Morgan fingerprint density at radius 2 is 1.93 bits per heavy atom. The predicted octanol–water partition coefficient (Wildman–Crippen LogP) is 0.208. The molecule has 0 atom stereocenters. The Labute approximate surface area is 85.2 Å². The highest BCUT2D eigenvalue weighted by molar-refractivity contribution is 5.79. The number of hydrogen-bond donors (Lipinski definition) is 1. The van der Waals surface area contributed by atoms with E-state index in [1.807, 2.05) is 0 Å². The first-order valence-corrected chi connectivity index (χ1v) is 5.35. The molecule has 0 aliphatic carbocycles. The Balaban J connectivity index is 1.92. The Hall–Kier alpha value is -0.610. The summed E-state index contributed by atoms with van der Waals surface area (Å²) in [6.07, 6.45) is 3.95. The van der Waals surface area contributed by atoms with Gasteiger partial charge in [0.1, 0.15) is 0 Å². The van der Waals surface area contributed by atoms with Crippen molar-refractivity contribution in [2.75, 3.05) is 27.2 Å². The first kappa shape index (κ1) is 9.93. The van der Waals surface area contributed by atoms with Crippen LogP contribution in [-0.2, 0) is 4.79 Å². The van der Waals surface area contributed by atoms with Gasteiger partial charge in [-0.1, -0.05) is 0 Å². The van der Waals surface area contributed by atoms with Crippen LogP contribution < -0.4 is 5.32 Å². The molecule has 2 aliphatic heterocycles. The van der Waals surface area contributed by atoms with Gasteiger partial charge in [0.2, 0.25) is 5.91 Å². The number of nitrogens with one attached hydrogen (secondary N) is 1. The van der Waals surface area contributed by atoms with E-state index in [1.165, 1.54) is 0 Å². The van der Waals surface area contributed by atoms with Gasteiger partial charge in [0.25, 0.3) is 0 Å². The quantitative estimate of drug-likeness (QED) is 0.652. The number of carbonyl (C=O) groups excluding carboxylic acids is 1. The number of hydrazine groups is 1. The second kappa shape index (κ2) is 3.51. The summed E-state index contributed by atoms with van der Waals surface area (Å²) in [4.78, 5) is 11.2. The van der Waals surface area contributed by atoms with E-state index in [9.17, 15) is 4.79 Å². The van der Waals surface area contributed by atoms with E-state index in [0.717, 1.165) is 38.8 Å². The van der Waals surface area contributed by atoms with Gasteiger partial charge in [-0.05, 0) is 19.3 Å². The van der Waals surface area contributed by atoms with E-state index in [4.69, 9.17) is 0 Å². The van der Waals surface area contributed by atoms with Crippen LogP contribution in [0.1, 0.15) is 25.7 Å². The average molecular weight is 197 g/mol. The second-order valence-corrected chi connectivity index (χ2v) is 4.63. The normalized spacial score (nSPS) is 27.2. The van der Waals surface area contributed by atoms with E-state index in [-0.39, 0.29) is 11.4 Å². The van der Waals surface area contributed by atoms with Crippen molar-refractivity contribution >= 4 is 5.91 Å². The molecule has 0 saturated carbocycles. The van der Waals surface area contributed by atoms with Crippen LogP contribution in [0.25, 0.3) is 0 Å². The van der Waals surface area contributed by atoms with Gasteiger partial charge in [-0.3, -0.25) is 4.79 Å². The molecule has 1 N–H and O–H groups in total. The molecule has 1 amide bonds. The minimum atomic E-state index is 0.142. The number of amides is 1. The monoisotopic (exact) mass is 197 g/mol. The zero-order valence-electron chi connectivity index (χ0n) is 9.05. The highest BCUT2D eigenvalue weighted by Crippen LogP contribution is 2.31. The zero-order valence-corrected chi connectivity index (χ0v) is 9.05. The minimum Gasteiger partial charge on any atom is -0.351 e. The molecule has 14 heavy (non-hydrogen) atoms. The summed E-state index contributed by atoms with van der Waals surface area (Å²) in [6, 6.07) is 0. The first-order valence-electron chi connectivity index (χ1n) is 5.35. The summed E-state index contributed by atoms with van der Waals surface area (Å²) in [5.41, 5.74) is 0.142. The fraction of sp³-hybridized carbons (Fsp3) is 0.900. The molecule has 2 heterocycles. The molecule has 4 heteroatoms. The lowest BCUT2D eigenvalue weighted by Crippen LogP contribution is -2.53. The molecular formula is C10H19N3O. The van der Waals surface area contributed by atoms with E-state index >= 15 is 0 Å². The molecule has 0 aromatic rings. The van der Waals surface area contributed by atoms with E-state index < -0.39 is 0 Å². The molecule has 0 unspecified atom stereocenters. The van der Waals surface area contributed by atoms with Crippen LogP contribution >= 0.6 is 0 Å². The number of piperidine rings is 1. The lowest BCUT2D eigenvalue weighted by Gasteiger charge is -2.41. The first-order chi connectivity index (χ1) is 6.61. The van der Waals surface area contributed by atoms with Gasteiger partial charge >= 0.3 is 0 Å². The highest BCUT2D eigenvalue weighted by atomic mass is 16.2. The Morgan fingerprint density at radius 1 is 1.29 bits per heavy atom. The molecule has 4 nitrogen and oxygen atoms in total. The van der Waals surface area contributed by atoms with Crippen LogP contribution in [0.2, 0.25) is 0 Å². The van der Waals surface area contributed by atoms with Gasteiger partial charge in [-0.15, -0.1) is 0 Å². The molecule has 0 bridgehead atoms. The third-order valence-corrected chi connectivity index (χ3v) is 3.50. The SMILES string of the molecule is CN(C)N1CCC2(CCC(=O)N2)CC1. The van der Waals surface area contributed by atoms with Crippen molar-refractivity contribution in [2.24, 2.45) is 0 Å². The topological polar surface area (TPSA) is 35.6 Å². The van der Waals surface area contributed by atoms with Crippen LogP contribution in [0.5, 0.6) is 0 Å². The maximum atomic E-state index is 11.2.